The fourth-order valence-electron chi connectivity index (χ4n) is 3.17. The van der Waals surface area contributed by atoms with Crippen molar-refractivity contribution in [1.82, 2.24) is 14.9 Å². The molecule has 0 N–H and O–H groups in total. The van der Waals surface area contributed by atoms with E-state index in [1.807, 2.05) is 18.2 Å². The third-order valence-corrected chi connectivity index (χ3v) is 4.50. The maximum atomic E-state index is 12.8. The Morgan fingerprint density at radius 1 is 1.25 bits per heavy atom. The molecule has 0 aliphatic carbocycles. The normalized spacial score (nSPS) is 17.7. The number of fused-ring (bicyclic) bond motifs is 1. The zero-order chi connectivity index (χ0) is 19.7. The van der Waals surface area contributed by atoms with E-state index in [0.717, 1.165) is 17.6 Å². The van der Waals surface area contributed by atoms with E-state index in [2.05, 4.69) is 9.97 Å². The number of piperidine rings is 1. The Morgan fingerprint density at radius 2 is 2.07 bits per heavy atom. The predicted octanol–water partition coefficient (Wildman–Crippen LogP) is 3.93. The number of carbonyl (C=O) groups excluding carboxylic acids is 1. The minimum atomic E-state index is -4.57. The second-order valence-corrected chi connectivity index (χ2v) is 6.50. The third-order valence-electron chi connectivity index (χ3n) is 4.50. The Morgan fingerprint density at radius 3 is 2.86 bits per heavy atom. The lowest BCUT2D eigenvalue weighted by atomic mass is 10.1. The van der Waals surface area contributed by atoms with Crippen LogP contribution in [0.3, 0.4) is 0 Å². The molecular formula is C19H16F3N3O3. The number of rotatable bonds is 3. The molecule has 1 aliphatic heterocycles. The highest BCUT2D eigenvalue weighted by Crippen LogP contribution is 2.28. The fourth-order valence-corrected chi connectivity index (χ4v) is 3.17. The van der Waals surface area contributed by atoms with Crippen molar-refractivity contribution in [3.63, 3.8) is 0 Å². The monoisotopic (exact) mass is 391 g/mol. The van der Waals surface area contributed by atoms with Crippen LogP contribution in [-0.4, -0.2) is 40.0 Å². The number of nitrogens with zero attached hydrogens (tertiary/aromatic N) is 3. The summed E-state index contributed by atoms with van der Waals surface area (Å²) in [5.41, 5.74) is -0.448. The number of furan rings is 1. The molecule has 9 heteroatoms. The summed E-state index contributed by atoms with van der Waals surface area (Å²) in [6.45, 7) is 0.731. The van der Waals surface area contributed by atoms with E-state index in [4.69, 9.17) is 9.15 Å². The van der Waals surface area contributed by atoms with E-state index in [-0.39, 0.29) is 24.2 Å². The molecule has 146 valence electrons. The molecule has 0 bridgehead atoms. The van der Waals surface area contributed by atoms with Crippen LogP contribution in [0, 0.1) is 0 Å². The lowest BCUT2D eigenvalue weighted by Gasteiger charge is -2.31. The van der Waals surface area contributed by atoms with Gasteiger partial charge in [0.2, 0.25) is 0 Å². The average molecular weight is 391 g/mol. The lowest BCUT2D eigenvalue weighted by Crippen LogP contribution is -2.44. The van der Waals surface area contributed by atoms with Crippen LogP contribution in [0.25, 0.3) is 11.0 Å². The van der Waals surface area contributed by atoms with Gasteiger partial charge in [-0.15, -0.1) is 0 Å². The molecule has 6 nitrogen and oxygen atoms in total. The zero-order valence-electron chi connectivity index (χ0n) is 14.6. The van der Waals surface area contributed by atoms with Crippen LogP contribution >= 0.6 is 0 Å². The first kappa shape index (κ1) is 18.3. The Balaban J connectivity index is 1.46. The maximum Gasteiger partial charge on any atom is 0.433 e. The number of hydrogen-bond acceptors (Lipinski definition) is 5. The largest absolute Gasteiger partial charge is 0.458 e. The molecule has 1 unspecified atom stereocenters. The van der Waals surface area contributed by atoms with E-state index in [0.29, 0.717) is 25.0 Å². The molecule has 1 fully saturated rings. The quantitative estimate of drug-likeness (QED) is 0.677. The molecule has 3 aromatic rings. The lowest BCUT2D eigenvalue weighted by molar-refractivity contribution is -0.141. The molecule has 1 atom stereocenters. The van der Waals surface area contributed by atoms with Crippen molar-refractivity contribution in [2.45, 2.75) is 25.1 Å². The number of aromatic nitrogens is 2. The molecule has 1 saturated heterocycles. The summed E-state index contributed by atoms with van der Waals surface area (Å²) in [4.78, 5) is 21.5. The van der Waals surface area contributed by atoms with E-state index in [1.54, 1.807) is 17.0 Å². The summed E-state index contributed by atoms with van der Waals surface area (Å²) in [7, 11) is 0. The van der Waals surface area contributed by atoms with Gasteiger partial charge in [-0.05, 0) is 31.0 Å². The number of likely N-dealkylation sites (tertiary alicyclic amines) is 1. The highest BCUT2D eigenvalue weighted by Gasteiger charge is 2.34. The van der Waals surface area contributed by atoms with Crippen LogP contribution in [0.15, 0.2) is 47.0 Å². The van der Waals surface area contributed by atoms with Crippen molar-refractivity contribution in [3.8, 4) is 6.01 Å². The summed E-state index contributed by atoms with van der Waals surface area (Å²) in [6, 6.07) is 9.41. The molecular weight excluding hydrogens is 375 g/mol. The molecule has 0 saturated carbocycles. The molecule has 1 aromatic carbocycles. The van der Waals surface area contributed by atoms with Gasteiger partial charge in [0, 0.05) is 18.1 Å². The first-order chi connectivity index (χ1) is 13.4. The van der Waals surface area contributed by atoms with Gasteiger partial charge >= 0.3 is 12.2 Å². The SMILES string of the molecule is O=C(c1cc2ccccc2o1)N1CCCC(Oc2nccc(C(F)(F)F)n2)C1. The van der Waals surface area contributed by atoms with Gasteiger partial charge in [0.15, 0.2) is 11.5 Å². The van der Waals surface area contributed by atoms with Crippen LogP contribution < -0.4 is 4.74 Å². The van der Waals surface area contributed by atoms with Gasteiger partial charge in [-0.3, -0.25) is 4.79 Å². The molecule has 28 heavy (non-hydrogen) atoms. The molecule has 4 rings (SSSR count). The Kier molecular flexibility index (Phi) is 4.66. The number of alkyl halides is 3. The summed E-state index contributed by atoms with van der Waals surface area (Å²) in [5.74, 6) is -0.0633. The van der Waals surface area contributed by atoms with Crippen molar-refractivity contribution in [3.05, 3.63) is 54.0 Å². The highest BCUT2D eigenvalue weighted by molar-refractivity contribution is 5.96. The average Bonchev–Trinajstić information content (AvgIpc) is 3.11. The number of benzene rings is 1. The molecule has 3 heterocycles. The minimum Gasteiger partial charge on any atom is -0.458 e. The summed E-state index contributed by atoms with van der Waals surface area (Å²) >= 11 is 0. The van der Waals surface area contributed by atoms with Gasteiger partial charge in [0.05, 0.1) is 6.54 Å². The molecule has 1 amide bonds. The van der Waals surface area contributed by atoms with Gasteiger partial charge < -0.3 is 14.1 Å². The zero-order valence-corrected chi connectivity index (χ0v) is 14.6. The number of hydrogen-bond donors (Lipinski definition) is 0. The minimum absolute atomic E-state index is 0.218. The predicted molar refractivity (Wildman–Crippen MR) is 92.8 cm³/mol. The number of halogens is 3. The molecule has 0 spiro atoms. The third kappa shape index (κ3) is 3.78. The van der Waals surface area contributed by atoms with Crippen molar-refractivity contribution in [2.75, 3.05) is 13.1 Å². The number of carbonyl (C=O) groups is 1. The van der Waals surface area contributed by atoms with E-state index < -0.39 is 18.0 Å². The molecule has 2 aromatic heterocycles. The number of para-hydroxylation sites is 1. The molecule has 0 radical (unpaired) electrons. The van der Waals surface area contributed by atoms with E-state index in [9.17, 15) is 18.0 Å². The maximum absolute atomic E-state index is 12.8. The summed E-state index contributed by atoms with van der Waals surface area (Å²) in [6.07, 6.45) is -2.83. The second-order valence-electron chi connectivity index (χ2n) is 6.50. The first-order valence-corrected chi connectivity index (χ1v) is 8.75. The Hall–Kier alpha value is -3.10. The van der Waals surface area contributed by atoms with Crippen LogP contribution in [0.2, 0.25) is 0 Å². The summed E-state index contributed by atoms with van der Waals surface area (Å²) < 4.78 is 49.5. The van der Waals surface area contributed by atoms with Crippen molar-refractivity contribution < 1.29 is 27.1 Å². The van der Waals surface area contributed by atoms with Gasteiger partial charge in [0.25, 0.3) is 5.91 Å². The Labute approximate surface area is 157 Å². The van der Waals surface area contributed by atoms with E-state index in [1.165, 1.54) is 0 Å². The van der Waals surface area contributed by atoms with Gasteiger partial charge in [-0.1, -0.05) is 18.2 Å². The van der Waals surface area contributed by atoms with Crippen LogP contribution in [0.4, 0.5) is 13.2 Å². The highest BCUT2D eigenvalue weighted by atomic mass is 19.4. The van der Waals surface area contributed by atoms with Gasteiger partial charge in [-0.25, -0.2) is 4.98 Å². The number of amides is 1. The van der Waals surface area contributed by atoms with Crippen LogP contribution in [-0.2, 0) is 6.18 Å². The topological polar surface area (TPSA) is 68.5 Å². The standard InChI is InChI=1S/C19H16F3N3O3/c20-19(21,22)16-7-8-23-18(24-16)27-13-5-3-9-25(11-13)17(26)15-10-12-4-1-2-6-14(12)28-15/h1-2,4,6-8,10,13H,3,5,9,11H2. The smallest absolute Gasteiger partial charge is 0.433 e. The van der Waals surface area contributed by atoms with Crippen molar-refractivity contribution >= 4 is 16.9 Å². The fraction of sp³-hybridized carbons (Fsp3) is 0.316. The second kappa shape index (κ2) is 7.14. The Bertz CT molecular complexity index is 969. The number of ether oxygens (including phenoxy) is 1. The summed E-state index contributed by atoms with van der Waals surface area (Å²) in [5, 5.41) is 0.827. The van der Waals surface area contributed by atoms with Crippen molar-refractivity contribution in [2.24, 2.45) is 0 Å². The molecule has 1 aliphatic rings. The van der Waals surface area contributed by atoms with Gasteiger partial charge in [0.1, 0.15) is 11.7 Å². The van der Waals surface area contributed by atoms with Crippen LogP contribution in [0.1, 0.15) is 29.1 Å². The van der Waals surface area contributed by atoms with Crippen LogP contribution in [0.5, 0.6) is 6.01 Å². The van der Waals surface area contributed by atoms with Crippen molar-refractivity contribution in [1.29, 1.82) is 0 Å². The first-order valence-electron chi connectivity index (χ1n) is 8.75. The van der Waals surface area contributed by atoms with Gasteiger partial charge in [-0.2, -0.15) is 18.2 Å². The van der Waals surface area contributed by atoms with E-state index >= 15 is 0 Å².